The molecule has 2 N–H and O–H groups in total. The van der Waals surface area contributed by atoms with Crippen LogP contribution in [-0.2, 0) is 6.54 Å². The van der Waals surface area contributed by atoms with Gasteiger partial charge in [0.25, 0.3) is 0 Å². The maximum absolute atomic E-state index is 4.96. The smallest absolute Gasteiger partial charge is 0.191 e. The highest BCUT2D eigenvalue weighted by Gasteiger charge is 2.23. The Hall–Kier alpha value is -1.80. The summed E-state index contributed by atoms with van der Waals surface area (Å²) in [5.41, 5.74) is 2.74. The van der Waals surface area contributed by atoms with Crippen LogP contribution in [0.2, 0.25) is 0 Å². The summed E-state index contributed by atoms with van der Waals surface area (Å²) in [5.74, 6) is 1.62. The van der Waals surface area contributed by atoms with Crippen molar-refractivity contribution in [3.63, 3.8) is 0 Å². The van der Waals surface area contributed by atoms with Gasteiger partial charge in [0.05, 0.1) is 0 Å². The summed E-state index contributed by atoms with van der Waals surface area (Å²) < 4.78 is 0. The summed E-state index contributed by atoms with van der Waals surface area (Å²) in [6.07, 6.45) is 3.56. The summed E-state index contributed by atoms with van der Waals surface area (Å²) >= 11 is 0. The van der Waals surface area contributed by atoms with Gasteiger partial charge in [-0.2, -0.15) is 0 Å². The van der Waals surface area contributed by atoms with Crippen LogP contribution in [0.1, 0.15) is 31.7 Å². The van der Waals surface area contributed by atoms with Gasteiger partial charge in [0.1, 0.15) is 0 Å². The monoisotopic (exact) mass is 547 g/mol. The van der Waals surface area contributed by atoms with E-state index in [1.54, 1.807) is 0 Å². The van der Waals surface area contributed by atoms with E-state index < -0.39 is 0 Å². The quantitative estimate of drug-likeness (QED) is 0.308. The number of hydrogen-bond donors (Lipinski definition) is 2. The first kappa shape index (κ1) is 24.8. The maximum atomic E-state index is 4.96. The van der Waals surface area contributed by atoms with E-state index in [1.807, 2.05) is 0 Å². The number of benzene rings is 2. The largest absolute Gasteiger partial charge is 0.371 e. The van der Waals surface area contributed by atoms with Crippen molar-refractivity contribution in [2.75, 3.05) is 44.2 Å². The van der Waals surface area contributed by atoms with E-state index in [0.717, 1.165) is 51.8 Å². The van der Waals surface area contributed by atoms with Crippen molar-refractivity contribution in [1.29, 1.82) is 0 Å². The fourth-order valence-corrected chi connectivity index (χ4v) is 4.67. The number of aliphatic imine (C=N–C) groups is 1. The van der Waals surface area contributed by atoms with Crippen LogP contribution in [0, 0.1) is 5.92 Å². The van der Waals surface area contributed by atoms with Crippen molar-refractivity contribution < 1.29 is 0 Å². The Morgan fingerprint density at radius 3 is 2.31 bits per heavy atom. The van der Waals surface area contributed by atoms with Crippen LogP contribution in [0.4, 0.5) is 5.69 Å². The van der Waals surface area contributed by atoms with Crippen LogP contribution in [0.15, 0.2) is 65.7 Å². The Kier molecular flexibility index (Phi) is 10.1. The Balaban J connectivity index is 0.00000289. The highest BCUT2D eigenvalue weighted by atomic mass is 127. The fraction of sp³-hybridized carbons (Fsp3) is 0.500. The SMILES string of the molecule is CCNC(=NCC1CCN(c2ccccc2)C1)NC1CCN(Cc2ccccc2)CC1.I. The predicted molar refractivity (Wildman–Crippen MR) is 146 cm³/mol. The van der Waals surface area contributed by atoms with Crippen molar-refractivity contribution in [3.05, 3.63) is 66.2 Å². The average molecular weight is 548 g/mol. The standard InChI is InChI=1S/C26H37N5.HI/c1-2-27-26(28-19-23-13-18-31(21-23)25-11-7-4-8-12-25)29-24-14-16-30(17-15-24)20-22-9-5-3-6-10-22;/h3-12,23-24H,2,13-21H2,1H3,(H2,27,28,29);1H. The minimum absolute atomic E-state index is 0. The Labute approximate surface area is 210 Å². The third-order valence-corrected chi connectivity index (χ3v) is 6.44. The molecule has 174 valence electrons. The number of nitrogens with zero attached hydrogens (tertiary/aromatic N) is 3. The maximum Gasteiger partial charge on any atom is 0.191 e. The van der Waals surface area contributed by atoms with Crippen LogP contribution in [0.5, 0.6) is 0 Å². The number of nitrogens with one attached hydrogen (secondary N) is 2. The van der Waals surface area contributed by atoms with E-state index >= 15 is 0 Å². The second kappa shape index (κ2) is 13.0. The second-order valence-corrected chi connectivity index (χ2v) is 8.84. The minimum Gasteiger partial charge on any atom is -0.371 e. The lowest BCUT2D eigenvalue weighted by molar-refractivity contribution is 0.198. The van der Waals surface area contributed by atoms with Crippen molar-refractivity contribution in [2.45, 2.75) is 38.8 Å². The zero-order valence-corrected chi connectivity index (χ0v) is 21.6. The molecular formula is C26H38IN5. The number of hydrogen-bond acceptors (Lipinski definition) is 3. The van der Waals surface area contributed by atoms with Gasteiger partial charge in [-0.25, -0.2) is 0 Å². The Morgan fingerprint density at radius 2 is 1.62 bits per heavy atom. The van der Waals surface area contributed by atoms with Crippen molar-refractivity contribution in [2.24, 2.45) is 10.9 Å². The van der Waals surface area contributed by atoms with Gasteiger partial charge >= 0.3 is 0 Å². The number of halogens is 1. The lowest BCUT2D eigenvalue weighted by atomic mass is 10.0. The molecule has 0 spiro atoms. The van der Waals surface area contributed by atoms with Gasteiger partial charge in [-0.05, 0) is 49.8 Å². The molecule has 6 heteroatoms. The zero-order valence-electron chi connectivity index (χ0n) is 19.2. The van der Waals surface area contributed by atoms with Gasteiger partial charge in [0.15, 0.2) is 5.96 Å². The first-order valence-electron chi connectivity index (χ1n) is 11.9. The lowest BCUT2D eigenvalue weighted by Gasteiger charge is -2.33. The normalized spacial score (nSPS) is 20.1. The highest BCUT2D eigenvalue weighted by molar-refractivity contribution is 14.0. The minimum atomic E-state index is 0. The fourth-order valence-electron chi connectivity index (χ4n) is 4.67. The van der Waals surface area contributed by atoms with Crippen molar-refractivity contribution >= 4 is 35.6 Å². The number of piperidine rings is 1. The van der Waals surface area contributed by atoms with Gasteiger partial charge in [-0.1, -0.05) is 48.5 Å². The first-order chi connectivity index (χ1) is 15.3. The summed E-state index contributed by atoms with van der Waals surface area (Å²) in [5, 5.41) is 7.17. The van der Waals surface area contributed by atoms with E-state index in [4.69, 9.17) is 4.99 Å². The Morgan fingerprint density at radius 1 is 0.938 bits per heavy atom. The number of likely N-dealkylation sites (tertiary alicyclic amines) is 1. The molecule has 1 atom stereocenters. The molecule has 1 unspecified atom stereocenters. The lowest BCUT2D eigenvalue weighted by Crippen LogP contribution is -2.48. The van der Waals surface area contributed by atoms with E-state index in [9.17, 15) is 0 Å². The molecule has 0 saturated carbocycles. The van der Waals surface area contributed by atoms with Crippen LogP contribution in [0.3, 0.4) is 0 Å². The van der Waals surface area contributed by atoms with Crippen molar-refractivity contribution in [1.82, 2.24) is 15.5 Å². The molecule has 2 fully saturated rings. The van der Waals surface area contributed by atoms with Gasteiger partial charge in [0.2, 0.25) is 0 Å². The molecule has 0 aromatic heterocycles. The zero-order chi connectivity index (χ0) is 21.3. The number of guanidine groups is 1. The van der Waals surface area contributed by atoms with E-state index in [-0.39, 0.29) is 24.0 Å². The third-order valence-electron chi connectivity index (χ3n) is 6.44. The molecule has 2 heterocycles. The molecule has 2 aromatic rings. The molecule has 0 amide bonds. The molecule has 4 rings (SSSR count). The van der Waals surface area contributed by atoms with Crippen LogP contribution < -0.4 is 15.5 Å². The van der Waals surface area contributed by atoms with E-state index in [1.165, 1.54) is 30.5 Å². The summed E-state index contributed by atoms with van der Waals surface area (Å²) in [6.45, 7) is 9.51. The Bertz CT molecular complexity index is 805. The molecule has 0 aliphatic carbocycles. The number of para-hydroxylation sites is 1. The first-order valence-corrected chi connectivity index (χ1v) is 11.9. The van der Waals surface area contributed by atoms with Crippen molar-refractivity contribution in [3.8, 4) is 0 Å². The summed E-state index contributed by atoms with van der Waals surface area (Å²) in [7, 11) is 0. The van der Waals surface area contributed by atoms with Gasteiger partial charge < -0.3 is 15.5 Å². The summed E-state index contributed by atoms with van der Waals surface area (Å²) in [6, 6.07) is 22.1. The van der Waals surface area contributed by atoms with E-state index in [2.05, 4.69) is 88.0 Å². The molecule has 2 aliphatic rings. The summed E-state index contributed by atoms with van der Waals surface area (Å²) in [4.78, 5) is 10.0. The molecule has 5 nitrogen and oxygen atoms in total. The molecule has 0 radical (unpaired) electrons. The highest BCUT2D eigenvalue weighted by Crippen LogP contribution is 2.23. The average Bonchev–Trinajstić information content (AvgIpc) is 3.29. The molecule has 0 bridgehead atoms. The van der Waals surface area contributed by atoms with Crippen LogP contribution in [0.25, 0.3) is 0 Å². The molecular weight excluding hydrogens is 509 g/mol. The third kappa shape index (κ3) is 7.37. The number of anilines is 1. The van der Waals surface area contributed by atoms with Gasteiger partial charge in [0, 0.05) is 57.5 Å². The van der Waals surface area contributed by atoms with Gasteiger partial charge in [-0.3, -0.25) is 9.89 Å². The van der Waals surface area contributed by atoms with E-state index in [0.29, 0.717) is 12.0 Å². The molecule has 2 aromatic carbocycles. The topological polar surface area (TPSA) is 42.9 Å². The molecule has 2 aliphatic heterocycles. The van der Waals surface area contributed by atoms with Crippen LogP contribution >= 0.6 is 24.0 Å². The number of rotatable bonds is 7. The van der Waals surface area contributed by atoms with Gasteiger partial charge in [-0.15, -0.1) is 24.0 Å². The van der Waals surface area contributed by atoms with Crippen LogP contribution in [-0.4, -0.2) is 56.2 Å². The predicted octanol–water partition coefficient (Wildman–Crippen LogP) is 4.35. The molecule has 2 saturated heterocycles. The molecule has 32 heavy (non-hydrogen) atoms. The second-order valence-electron chi connectivity index (χ2n) is 8.84.